The first-order valence-corrected chi connectivity index (χ1v) is 8.34. The number of hydrogen-bond acceptors (Lipinski definition) is 2. The number of fused-ring (bicyclic) bond motifs is 1. The first kappa shape index (κ1) is 14.2. The van der Waals surface area contributed by atoms with Crippen molar-refractivity contribution in [1.29, 1.82) is 0 Å². The molecular formula is C19H15FN2S. The molecule has 0 fully saturated rings. The van der Waals surface area contributed by atoms with Crippen LogP contribution in [0.15, 0.2) is 54.2 Å². The summed E-state index contributed by atoms with van der Waals surface area (Å²) in [5.74, 6) is -0.121. The third kappa shape index (κ3) is 2.55. The maximum atomic E-state index is 14.3. The number of halogens is 1. The summed E-state index contributed by atoms with van der Waals surface area (Å²) in [7, 11) is 0. The van der Waals surface area contributed by atoms with Gasteiger partial charge in [-0.05, 0) is 41.1 Å². The Kier molecular flexibility index (Phi) is 3.46. The minimum Gasteiger partial charge on any atom is -0.346 e. The SMILES string of the molecule is Cc1cccc(Cc2c[nH]c3ncc(-c4cccs4)cc23)c1F. The van der Waals surface area contributed by atoms with E-state index in [1.807, 2.05) is 30.6 Å². The molecule has 0 amide bonds. The Morgan fingerprint density at radius 2 is 2.09 bits per heavy atom. The van der Waals surface area contributed by atoms with Crippen molar-refractivity contribution in [1.82, 2.24) is 9.97 Å². The number of benzene rings is 1. The van der Waals surface area contributed by atoms with Crippen molar-refractivity contribution in [2.75, 3.05) is 0 Å². The largest absolute Gasteiger partial charge is 0.346 e. The van der Waals surface area contributed by atoms with Crippen LogP contribution in [0.3, 0.4) is 0 Å². The zero-order valence-electron chi connectivity index (χ0n) is 12.6. The summed E-state index contributed by atoms with van der Waals surface area (Å²) in [4.78, 5) is 8.87. The number of aryl methyl sites for hydroxylation is 1. The van der Waals surface area contributed by atoms with E-state index >= 15 is 0 Å². The van der Waals surface area contributed by atoms with Crippen molar-refractivity contribution in [3.63, 3.8) is 0 Å². The van der Waals surface area contributed by atoms with E-state index in [4.69, 9.17) is 0 Å². The number of pyridine rings is 1. The maximum absolute atomic E-state index is 14.3. The van der Waals surface area contributed by atoms with Gasteiger partial charge in [0, 0.05) is 34.6 Å². The standard InChI is InChI=1S/C19H15FN2S/c1-12-4-2-5-13(18(12)20)8-14-10-21-19-16(14)9-15(11-22-19)17-6-3-7-23-17/h2-7,9-11H,8H2,1H3,(H,21,22). The third-order valence-corrected chi connectivity index (χ3v) is 4.99. The molecule has 0 radical (unpaired) electrons. The first-order chi connectivity index (χ1) is 11.2. The van der Waals surface area contributed by atoms with Crippen LogP contribution >= 0.6 is 11.3 Å². The molecule has 0 aliphatic carbocycles. The highest BCUT2D eigenvalue weighted by molar-refractivity contribution is 7.13. The van der Waals surface area contributed by atoms with Gasteiger partial charge < -0.3 is 4.98 Å². The fraction of sp³-hybridized carbons (Fsp3) is 0.105. The highest BCUT2D eigenvalue weighted by Crippen LogP contribution is 2.29. The predicted molar refractivity (Wildman–Crippen MR) is 93.3 cm³/mol. The highest BCUT2D eigenvalue weighted by atomic mass is 32.1. The van der Waals surface area contributed by atoms with Crippen molar-refractivity contribution < 1.29 is 4.39 Å². The Morgan fingerprint density at radius 1 is 1.17 bits per heavy atom. The van der Waals surface area contributed by atoms with Gasteiger partial charge in [0.2, 0.25) is 0 Å². The molecule has 2 nitrogen and oxygen atoms in total. The topological polar surface area (TPSA) is 28.7 Å². The van der Waals surface area contributed by atoms with Gasteiger partial charge in [0.25, 0.3) is 0 Å². The predicted octanol–water partition coefficient (Wildman–Crippen LogP) is 5.33. The van der Waals surface area contributed by atoms with E-state index in [1.165, 1.54) is 4.88 Å². The summed E-state index contributed by atoms with van der Waals surface area (Å²) in [6.07, 6.45) is 4.36. The number of H-pyrrole nitrogens is 1. The van der Waals surface area contributed by atoms with Crippen molar-refractivity contribution in [3.05, 3.63) is 76.7 Å². The molecule has 23 heavy (non-hydrogen) atoms. The molecule has 0 unspecified atom stereocenters. The molecule has 0 atom stereocenters. The molecule has 0 bridgehead atoms. The van der Waals surface area contributed by atoms with Crippen molar-refractivity contribution in [2.24, 2.45) is 0 Å². The molecular weight excluding hydrogens is 307 g/mol. The van der Waals surface area contributed by atoms with Gasteiger partial charge in [-0.15, -0.1) is 11.3 Å². The molecule has 1 N–H and O–H groups in total. The van der Waals surface area contributed by atoms with Crippen molar-refractivity contribution in [2.45, 2.75) is 13.3 Å². The van der Waals surface area contributed by atoms with Crippen LogP contribution in [0.5, 0.6) is 0 Å². The molecule has 0 aliphatic heterocycles. The maximum Gasteiger partial charge on any atom is 0.137 e. The Balaban J connectivity index is 1.78. The minimum atomic E-state index is -0.121. The second kappa shape index (κ2) is 5.63. The number of nitrogens with one attached hydrogen (secondary N) is 1. The average Bonchev–Trinajstić information content (AvgIpc) is 3.21. The van der Waals surface area contributed by atoms with Gasteiger partial charge in [-0.25, -0.2) is 9.37 Å². The number of aromatic amines is 1. The van der Waals surface area contributed by atoms with Crippen molar-refractivity contribution >= 4 is 22.4 Å². The van der Waals surface area contributed by atoms with Crippen molar-refractivity contribution in [3.8, 4) is 10.4 Å². The summed E-state index contributed by atoms with van der Waals surface area (Å²) in [6.45, 7) is 1.80. The van der Waals surface area contributed by atoms with Gasteiger partial charge >= 0.3 is 0 Å². The molecule has 4 aromatic rings. The van der Waals surface area contributed by atoms with Crippen LogP contribution in [0.4, 0.5) is 4.39 Å². The van der Waals surface area contributed by atoms with E-state index in [0.29, 0.717) is 17.5 Å². The fourth-order valence-corrected chi connectivity index (χ4v) is 3.54. The molecule has 1 aromatic carbocycles. The molecule has 0 spiro atoms. The highest BCUT2D eigenvalue weighted by Gasteiger charge is 2.11. The van der Waals surface area contributed by atoms with Crippen LogP contribution in [0, 0.1) is 12.7 Å². The summed E-state index contributed by atoms with van der Waals surface area (Å²) in [6, 6.07) is 11.8. The summed E-state index contributed by atoms with van der Waals surface area (Å²) in [5, 5.41) is 3.11. The summed E-state index contributed by atoms with van der Waals surface area (Å²) in [5.41, 5.74) is 4.40. The van der Waals surface area contributed by atoms with E-state index in [0.717, 1.165) is 22.2 Å². The monoisotopic (exact) mass is 322 g/mol. The van der Waals surface area contributed by atoms with E-state index in [1.54, 1.807) is 24.3 Å². The Bertz CT molecular complexity index is 970. The molecule has 4 rings (SSSR count). The van der Waals surface area contributed by atoms with Gasteiger partial charge in [-0.2, -0.15) is 0 Å². The first-order valence-electron chi connectivity index (χ1n) is 7.46. The van der Waals surface area contributed by atoms with Crippen LogP contribution in [-0.2, 0) is 6.42 Å². The lowest BCUT2D eigenvalue weighted by Gasteiger charge is -2.05. The molecule has 0 saturated heterocycles. The molecule has 4 heteroatoms. The summed E-state index contributed by atoms with van der Waals surface area (Å²) >= 11 is 1.69. The van der Waals surface area contributed by atoms with E-state index in [-0.39, 0.29) is 5.82 Å². The number of thiophene rings is 1. The average molecular weight is 322 g/mol. The summed E-state index contributed by atoms with van der Waals surface area (Å²) < 4.78 is 14.3. The van der Waals surface area contributed by atoms with Crippen LogP contribution in [0.2, 0.25) is 0 Å². The smallest absolute Gasteiger partial charge is 0.137 e. The zero-order valence-corrected chi connectivity index (χ0v) is 13.5. The molecule has 0 saturated carbocycles. The van der Waals surface area contributed by atoms with E-state index in [2.05, 4.69) is 27.5 Å². The molecule has 0 aliphatic rings. The second-order valence-electron chi connectivity index (χ2n) is 5.64. The lowest BCUT2D eigenvalue weighted by atomic mass is 10.0. The zero-order chi connectivity index (χ0) is 15.8. The molecule has 3 heterocycles. The number of nitrogens with zero attached hydrogens (tertiary/aromatic N) is 1. The Hall–Kier alpha value is -2.46. The van der Waals surface area contributed by atoms with Gasteiger partial charge in [0.05, 0.1) is 0 Å². The van der Waals surface area contributed by atoms with Crippen LogP contribution in [0.1, 0.15) is 16.7 Å². The normalized spacial score (nSPS) is 11.2. The minimum absolute atomic E-state index is 0.121. The third-order valence-electron chi connectivity index (χ3n) is 4.08. The second-order valence-corrected chi connectivity index (χ2v) is 6.58. The number of aromatic nitrogens is 2. The lowest BCUT2D eigenvalue weighted by molar-refractivity contribution is 0.605. The van der Waals surface area contributed by atoms with Gasteiger partial charge in [0.15, 0.2) is 0 Å². The fourth-order valence-electron chi connectivity index (χ4n) is 2.83. The quantitative estimate of drug-likeness (QED) is 0.542. The Labute approximate surface area is 137 Å². The van der Waals surface area contributed by atoms with E-state index < -0.39 is 0 Å². The van der Waals surface area contributed by atoms with Crippen LogP contribution < -0.4 is 0 Å². The van der Waals surface area contributed by atoms with E-state index in [9.17, 15) is 4.39 Å². The van der Waals surface area contributed by atoms with Crippen LogP contribution in [0.25, 0.3) is 21.5 Å². The van der Waals surface area contributed by atoms with Gasteiger partial charge in [0.1, 0.15) is 11.5 Å². The molecule has 114 valence electrons. The lowest BCUT2D eigenvalue weighted by Crippen LogP contribution is -1.94. The van der Waals surface area contributed by atoms with Crippen LogP contribution in [-0.4, -0.2) is 9.97 Å². The Morgan fingerprint density at radius 3 is 2.91 bits per heavy atom. The van der Waals surface area contributed by atoms with Gasteiger partial charge in [-0.3, -0.25) is 0 Å². The number of hydrogen-bond donors (Lipinski definition) is 1. The number of rotatable bonds is 3. The van der Waals surface area contributed by atoms with Gasteiger partial charge in [-0.1, -0.05) is 24.3 Å². The molecule has 3 aromatic heterocycles.